The molecule has 4 heteroatoms. The Morgan fingerprint density at radius 3 is 1.91 bits per heavy atom. The third-order valence-corrected chi connectivity index (χ3v) is 3.80. The monoisotopic (exact) mass is 296 g/mol. The lowest BCUT2D eigenvalue weighted by Gasteiger charge is -2.29. The summed E-state index contributed by atoms with van der Waals surface area (Å²) >= 11 is 0. The molecule has 0 saturated carbocycles. The van der Waals surface area contributed by atoms with Crippen LogP contribution in [0, 0.1) is 0 Å². The van der Waals surface area contributed by atoms with E-state index < -0.39 is 0 Å². The largest absolute Gasteiger partial charge is 0.436 e. The number of hydrogen-bond donors (Lipinski definition) is 1. The molecule has 22 heavy (non-hydrogen) atoms. The highest BCUT2D eigenvalue weighted by molar-refractivity contribution is 5.68. The highest BCUT2D eigenvalue weighted by atomic mass is 16.6. The quantitative estimate of drug-likeness (QED) is 0.947. The lowest BCUT2D eigenvalue weighted by molar-refractivity contribution is 0.0736. The van der Waals surface area contributed by atoms with Crippen LogP contribution < -0.4 is 5.32 Å². The Balaban J connectivity index is 1.81. The van der Waals surface area contributed by atoms with E-state index in [9.17, 15) is 4.79 Å². The van der Waals surface area contributed by atoms with Crippen LogP contribution in [0.15, 0.2) is 60.7 Å². The van der Waals surface area contributed by atoms with Gasteiger partial charge in [-0.05, 0) is 11.1 Å². The number of benzene rings is 2. The number of piperazine rings is 1. The molecular formula is C18H20N2O2. The summed E-state index contributed by atoms with van der Waals surface area (Å²) in [6.07, 6.45) is -0.621. The van der Waals surface area contributed by atoms with Gasteiger partial charge in [0.05, 0.1) is 0 Å². The second-order valence-electron chi connectivity index (χ2n) is 5.32. The first-order valence-corrected chi connectivity index (χ1v) is 7.61. The smallest absolute Gasteiger partial charge is 0.410 e. The van der Waals surface area contributed by atoms with Gasteiger partial charge >= 0.3 is 6.09 Å². The van der Waals surface area contributed by atoms with Gasteiger partial charge in [0.2, 0.25) is 0 Å². The molecule has 1 fully saturated rings. The predicted molar refractivity (Wildman–Crippen MR) is 85.7 cm³/mol. The molecule has 1 N–H and O–H groups in total. The highest BCUT2D eigenvalue weighted by Crippen LogP contribution is 2.26. The van der Waals surface area contributed by atoms with Crippen molar-refractivity contribution in [2.45, 2.75) is 6.10 Å². The summed E-state index contributed by atoms with van der Waals surface area (Å²) in [5.74, 6) is 0. The first-order valence-electron chi connectivity index (χ1n) is 7.61. The van der Waals surface area contributed by atoms with E-state index >= 15 is 0 Å². The zero-order chi connectivity index (χ0) is 15.2. The molecule has 2 aromatic rings. The van der Waals surface area contributed by atoms with Crippen molar-refractivity contribution in [3.63, 3.8) is 0 Å². The van der Waals surface area contributed by atoms with E-state index in [2.05, 4.69) is 5.32 Å². The first-order chi connectivity index (χ1) is 10.8. The van der Waals surface area contributed by atoms with Crippen LogP contribution in [0.5, 0.6) is 0 Å². The number of amides is 1. The van der Waals surface area contributed by atoms with Gasteiger partial charge in [0.25, 0.3) is 0 Å². The molecular weight excluding hydrogens is 276 g/mol. The Bertz CT molecular complexity index is 555. The molecule has 0 unspecified atom stereocenters. The number of ether oxygens (including phenoxy) is 1. The normalized spacial score (nSPS) is 14.9. The van der Waals surface area contributed by atoms with Crippen LogP contribution in [0.4, 0.5) is 4.79 Å². The molecule has 1 aliphatic rings. The van der Waals surface area contributed by atoms with E-state index in [-0.39, 0.29) is 12.2 Å². The number of hydrogen-bond acceptors (Lipinski definition) is 3. The van der Waals surface area contributed by atoms with Crippen molar-refractivity contribution in [2.75, 3.05) is 26.2 Å². The van der Waals surface area contributed by atoms with Crippen molar-refractivity contribution >= 4 is 6.09 Å². The Morgan fingerprint density at radius 2 is 1.41 bits per heavy atom. The molecule has 1 amide bonds. The van der Waals surface area contributed by atoms with E-state index in [0.29, 0.717) is 13.1 Å². The molecule has 0 radical (unpaired) electrons. The minimum Gasteiger partial charge on any atom is -0.436 e. The number of rotatable bonds is 3. The van der Waals surface area contributed by atoms with Gasteiger partial charge in [-0.2, -0.15) is 0 Å². The molecule has 2 aromatic carbocycles. The van der Waals surface area contributed by atoms with Crippen molar-refractivity contribution < 1.29 is 9.53 Å². The number of nitrogens with zero attached hydrogens (tertiary/aromatic N) is 1. The third-order valence-electron chi connectivity index (χ3n) is 3.80. The van der Waals surface area contributed by atoms with Gasteiger partial charge in [0.15, 0.2) is 6.10 Å². The molecule has 1 heterocycles. The second-order valence-corrected chi connectivity index (χ2v) is 5.32. The Morgan fingerprint density at radius 1 is 0.909 bits per heavy atom. The maximum absolute atomic E-state index is 12.4. The van der Waals surface area contributed by atoms with Crippen LogP contribution in [0.2, 0.25) is 0 Å². The van der Waals surface area contributed by atoms with Crippen LogP contribution in [0.25, 0.3) is 0 Å². The van der Waals surface area contributed by atoms with Gasteiger partial charge in [0.1, 0.15) is 0 Å². The number of carbonyl (C=O) groups is 1. The first kappa shape index (κ1) is 14.6. The standard InChI is InChI=1S/C18H20N2O2/c21-18(20-13-11-19-12-14-20)22-17(15-7-3-1-4-8-15)16-9-5-2-6-10-16/h1-10,17,19H,11-14H2. The van der Waals surface area contributed by atoms with E-state index in [1.807, 2.05) is 60.7 Å². The summed E-state index contributed by atoms with van der Waals surface area (Å²) in [7, 11) is 0. The van der Waals surface area contributed by atoms with Gasteiger partial charge in [-0.15, -0.1) is 0 Å². The molecule has 0 aromatic heterocycles. The number of nitrogens with one attached hydrogen (secondary N) is 1. The van der Waals surface area contributed by atoms with Crippen LogP contribution in [-0.4, -0.2) is 37.2 Å². The molecule has 0 aliphatic carbocycles. The van der Waals surface area contributed by atoms with Gasteiger partial charge in [-0.1, -0.05) is 60.7 Å². The lowest BCUT2D eigenvalue weighted by atomic mass is 10.0. The predicted octanol–water partition coefficient (Wildman–Crippen LogP) is 2.82. The van der Waals surface area contributed by atoms with Crippen molar-refractivity contribution in [1.29, 1.82) is 0 Å². The minimum absolute atomic E-state index is 0.251. The van der Waals surface area contributed by atoms with Crippen molar-refractivity contribution in [3.8, 4) is 0 Å². The average Bonchev–Trinajstić information content (AvgIpc) is 2.62. The molecule has 1 aliphatic heterocycles. The molecule has 1 saturated heterocycles. The Hall–Kier alpha value is -2.33. The topological polar surface area (TPSA) is 41.6 Å². The molecule has 0 atom stereocenters. The lowest BCUT2D eigenvalue weighted by Crippen LogP contribution is -2.46. The fourth-order valence-corrected chi connectivity index (χ4v) is 2.61. The van der Waals surface area contributed by atoms with Gasteiger partial charge in [-0.3, -0.25) is 0 Å². The van der Waals surface area contributed by atoms with E-state index in [1.165, 1.54) is 0 Å². The van der Waals surface area contributed by atoms with E-state index in [4.69, 9.17) is 4.74 Å². The molecule has 0 spiro atoms. The zero-order valence-electron chi connectivity index (χ0n) is 12.4. The van der Waals surface area contributed by atoms with Crippen LogP contribution in [-0.2, 0) is 4.74 Å². The van der Waals surface area contributed by atoms with Crippen molar-refractivity contribution in [3.05, 3.63) is 71.8 Å². The fourth-order valence-electron chi connectivity index (χ4n) is 2.61. The summed E-state index contributed by atoms with van der Waals surface area (Å²) < 4.78 is 5.82. The Kier molecular flexibility index (Phi) is 4.71. The zero-order valence-corrected chi connectivity index (χ0v) is 12.4. The van der Waals surface area contributed by atoms with Crippen molar-refractivity contribution in [2.24, 2.45) is 0 Å². The van der Waals surface area contributed by atoms with Gasteiger partial charge in [-0.25, -0.2) is 4.79 Å². The van der Waals surface area contributed by atoms with Crippen molar-refractivity contribution in [1.82, 2.24) is 10.2 Å². The number of carbonyl (C=O) groups excluding carboxylic acids is 1. The van der Waals surface area contributed by atoms with Gasteiger partial charge < -0.3 is 15.0 Å². The third kappa shape index (κ3) is 3.46. The maximum atomic E-state index is 12.4. The fraction of sp³-hybridized carbons (Fsp3) is 0.278. The molecule has 3 rings (SSSR count). The van der Waals surface area contributed by atoms with Crippen LogP contribution in [0.3, 0.4) is 0 Å². The van der Waals surface area contributed by atoms with Crippen LogP contribution in [0.1, 0.15) is 17.2 Å². The van der Waals surface area contributed by atoms with E-state index in [1.54, 1.807) is 4.90 Å². The Labute approximate surface area is 130 Å². The SMILES string of the molecule is O=C(OC(c1ccccc1)c1ccccc1)N1CCNCC1. The summed E-state index contributed by atoms with van der Waals surface area (Å²) in [4.78, 5) is 14.2. The highest BCUT2D eigenvalue weighted by Gasteiger charge is 2.23. The minimum atomic E-state index is -0.371. The second kappa shape index (κ2) is 7.09. The average molecular weight is 296 g/mol. The summed E-state index contributed by atoms with van der Waals surface area (Å²) in [5, 5.41) is 3.24. The molecule has 114 valence electrons. The van der Waals surface area contributed by atoms with Gasteiger partial charge in [0, 0.05) is 26.2 Å². The summed E-state index contributed by atoms with van der Waals surface area (Å²) in [6.45, 7) is 3.01. The van der Waals surface area contributed by atoms with Crippen LogP contribution >= 0.6 is 0 Å². The van der Waals surface area contributed by atoms with E-state index in [0.717, 1.165) is 24.2 Å². The molecule has 0 bridgehead atoms. The maximum Gasteiger partial charge on any atom is 0.410 e. The summed E-state index contributed by atoms with van der Waals surface area (Å²) in [6, 6.07) is 19.7. The summed E-state index contributed by atoms with van der Waals surface area (Å²) in [5.41, 5.74) is 1.97. The molecule has 4 nitrogen and oxygen atoms in total.